The number of fused-ring (bicyclic) bond motifs is 12. The van der Waals surface area contributed by atoms with Crippen LogP contribution in [0.3, 0.4) is 0 Å². The quantitative estimate of drug-likeness (QED) is 0.164. The number of rotatable bonds is 4. The van der Waals surface area contributed by atoms with E-state index in [0.29, 0.717) is 0 Å². The Morgan fingerprint density at radius 3 is 1.92 bits per heavy atom. The third-order valence-electron chi connectivity index (χ3n) is 11.3. The molecule has 10 aromatic rings. The fourth-order valence-electron chi connectivity index (χ4n) is 8.72. The lowest BCUT2D eigenvalue weighted by molar-refractivity contribution is 1.29. The second kappa shape index (κ2) is 11.2. The van der Waals surface area contributed by atoms with Crippen LogP contribution in [-0.2, 0) is 0 Å². The third-order valence-corrected chi connectivity index (χ3v) is 17.1. The Kier molecular flexibility index (Phi) is 6.51. The van der Waals surface area contributed by atoms with Crippen molar-refractivity contribution >= 4 is 109 Å². The molecule has 0 amide bonds. The van der Waals surface area contributed by atoms with Crippen LogP contribution in [0.15, 0.2) is 164 Å². The van der Waals surface area contributed by atoms with Gasteiger partial charge in [0.15, 0.2) is 0 Å². The standard InChI is InChI=1S/C48H33NS2Si/c1-52(2)44-15-9-8-14-37(44)40-28-34(22-27-45(40)52)49(33-19-16-31(17-20-33)30-10-4-3-5-11-30)35-21-24-38-43(29-35)50-41-25-26-42-47(46(38)41)39-23-18-32-12-6-7-13-36(32)48(39)51-42/h3-29H,1-2H3. The molecule has 8 aromatic carbocycles. The molecule has 1 nitrogen and oxygen atoms in total. The van der Waals surface area contributed by atoms with Gasteiger partial charge in [-0.3, -0.25) is 0 Å². The summed E-state index contributed by atoms with van der Waals surface area (Å²) in [5.41, 5.74) is 8.75. The lowest BCUT2D eigenvalue weighted by atomic mass is 10.0. The first-order chi connectivity index (χ1) is 25.5. The van der Waals surface area contributed by atoms with Crippen molar-refractivity contribution in [3.63, 3.8) is 0 Å². The van der Waals surface area contributed by atoms with Crippen LogP contribution in [-0.4, -0.2) is 8.07 Å². The molecule has 0 atom stereocenters. The van der Waals surface area contributed by atoms with E-state index in [1.54, 1.807) is 0 Å². The van der Waals surface area contributed by atoms with Gasteiger partial charge in [0.25, 0.3) is 0 Å². The average molecular weight is 716 g/mol. The summed E-state index contributed by atoms with van der Waals surface area (Å²) in [4.78, 5) is 2.45. The van der Waals surface area contributed by atoms with Gasteiger partial charge in [-0.05, 0) is 91.9 Å². The Hall–Kier alpha value is -5.52. The summed E-state index contributed by atoms with van der Waals surface area (Å²) in [7, 11) is -1.77. The van der Waals surface area contributed by atoms with Gasteiger partial charge in [-0.1, -0.05) is 128 Å². The van der Waals surface area contributed by atoms with E-state index in [1.807, 2.05) is 22.7 Å². The van der Waals surface area contributed by atoms with Crippen LogP contribution in [0.4, 0.5) is 17.1 Å². The molecule has 1 aliphatic rings. The predicted octanol–water partition coefficient (Wildman–Crippen LogP) is 13.5. The van der Waals surface area contributed by atoms with Gasteiger partial charge >= 0.3 is 0 Å². The predicted molar refractivity (Wildman–Crippen MR) is 232 cm³/mol. The van der Waals surface area contributed by atoms with E-state index in [-0.39, 0.29) is 0 Å². The maximum absolute atomic E-state index is 2.49. The molecule has 52 heavy (non-hydrogen) atoms. The molecule has 0 spiro atoms. The number of thiophene rings is 2. The zero-order valence-electron chi connectivity index (χ0n) is 28.9. The minimum atomic E-state index is -1.77. The SMILES string of the molecule is C[Si]1(C)c2ccccc2-c2cc(N(c3ccc(-c4ccccc4)cc3)c3ccc4c(c3)sc3ccc5sc6c7ccccc7ccc6c5c34)ccc21. The highest BCUT2D eigenvalue weighted by Crippen LogP contribution is 2.48. The summed E-state index contributed by atoms with van der Waals surface area (Å²) >= 11 is 3.83. The van der Waals surface area contributed by atoms with Crippen molar-refractivity contribution in [3.05, 3.63) is 164 Å². The Bertz CT molecular complexity index is 3040. The molecule has 0 bridgehead atoms. The van der Waals surface area contributed by atoms with Crippen molar-refractivity contribution in [2.45, 2.75) is 13.1 Å². The van der Waals surface area contributed by atoms with Crippen molar-refractivity contribution in [2.24, 2.45) is 0 Å². The number of hydrogen-bond donors (Lipinski definition) is 0. The van der Waals surface area contributed by atoms with Crippen molar-refractivity contribution in [3.8, 4) is 22.3 Å². The zero-order chi connectivity index (χ0) is 34.6. The van der Waals surface area contributed by atoms with Crippen molar-refractivity contribution < 1.29 is 0 Å². The molecule has 0 N–H and O–H groups in total. The largest absolute Gasteiger partial charge is 0.310 e. The van der Waals surface area contributed by atoms with Gasteiger partial charge in [-0.25, -0.2) is 0 Å². The van der Waals surface area contributed by atoms with E-state index in [4.69, 9.17) is 0 Å². The van der Waals surface area contributed by atoms with Crippen LogP contribution < -0.4 is 15.3 Å². The normalized spacial score (nSPS) is 13.3. The maximum atomic E-state index is 2.49. The van der Waals surface area contributed by atoms with Gasteiger partial charge in [0, 0.05) is 57.4 Å². The van der Waals surface area contributed by atoms with E-state index in [9.17, 15) is 0 Å². The molecule has 0 radical (unpaired) electrons. The summed E-state index contributed by atoms with van der Waals surface area (Å²) in [5, 5.41) is 11.2. The highest BCUT2D eigenvalue weighted by molar-refractivity contribution is 7.28. The van der Waals surface area contributed by atoms with Crippen molar-refractivity contribution in [1.82, 2.24) is 0 Å². The Morgan fingerprint density at radius 1 is 0.423 bits per heavy atom. The molecular formula is C48H33NS2Si. The monoisotopic (exact) mass is 715 g/mol. The molecule has 11 rings (SSSR count). The van der Waals surface area contributed by atoms with Gasteiger partial charge in [0.2, 0.25) is 0 Å². The third kappa shape index (κ3) is 4.38. The van der Waals surface area contributed by atoms with Gasteiger partial charge in [0.1, 0.15) is 8.07 Å². The summed E-state index contributed by atoms with van der Waals surface area (Å²) < 4.78 is 5.39. The molecule has 0 aliphatic carbocycles. The maximum Gasteiger partial charge on any atom is 0.113 e. The van der Waals surface area contributed by atoms with Gasteiger partial charge < -0.3 is 4.90 Å². The van der Waals surface area contributed by atoms with E-state index >= 15 is 0 Å². The molecule has 246 valence electrons. The van der Waals surface area contributed by atoms with Crippen LogP contribution in [0.25, 0.3) is 73.4 Å². The minimum Gasteiger partial charge on any atom is -0.310 e. The molecule has 4 heteroatoms. The Labute approximate surface area is 311 Å². The average Bonchev–Trinajstić information content (AvgIpc) is 3.83. The highest BCUT2D eigenvalue weighted by atomic mass is 32.1. The molecule has 0 saturated carbocycles. The van der Waals surface area contributed by atoms with Gasteiger partial charge in [-0.2, -0.15) is 0 Å². The van der Waals surface area contributed by atoms with Crippen LogP contribution in [0, 0.1) is 0 Å². The zero-order valence-corrected chi connectivity index (χ0v) is 31.5. The first kappa shape index (κ1) is 30.1. The summed E-state index contributed by atoms with van der Waals surface area (Å²) in [6, 6.07) is 61.2. The second-order valence-electron chi connectivity index (χ2n) is 14.5. The first-order valence-electron chi connectivity index (χ1n) is 17.9. The molecular weight excluding hydrogens is 683 g/mol. The fourth-order valence-corrected chi connectivity index (χ4v) is 14.2. The summed E-state index contributed by atoms with van der Waals surface area (Å²) in [6.07, 6.45) is 0. The smallest absolute Gasteiger partial charge is 0.113 e. The van der Waals surface area contributed by atoms with Crippen molar-refractivity contribution in [2.75, 3.05) is 4.90 Å². The number of benzene rings is 8. The van der Waals surface area contributed by atoms with Crippen LogP contribution >= 0.6 is 22.7 Å². The summed E-state index contributed by atoms with van der Waals surface area (Å²) in [6.45, 7) is 4.98. The lowest BCUT2D eigenvalue weighted by Gasteiger charge is -2.27. The molecule has 2 aromatic heterocycles. The van der Waals surface area contributed by atoms with E-state index < -0.39 is 8.07 Å². The Morgan fingerprint density at radius 2 is 1.06 bits per heavy atom. The number of nitrogens with zero attached hydrogens (tertiary/aromatic N) is 1. The van der Waals surface area contributed by atoms with Crippen LogP contribution in [0.2, 0.25) is 13.1 Å². The fraction of sp³-hybridized carbons (Fsp3) is 0.0417. The molecule has 0 saturated heterocycles. The highest BCUT2D eigenvalue weighted by Gasteiger charge is 2.37. The second-order valence-corrected chi connectivity index (χ2v) is 21.0. The minimum absolute atomic E-state index is 1.15. The van der Waals surface area contributed by atoms with E-state index in [2.05, 4.69) is 182 Å². The lowest BCUT2D eigenvalue weighted by Crippen LogP contribution is -2.49. The van der Waals surface area contributed by atoms with Crippen LogP contribution in [0.1, 0.15) is 0 Å². The first-order valence-corrected chi connectivity index (χ1v) is 22.6. The topological polar surface area (TPSA) is 3.24 Å². The van der Waals surface area contributed by atoms with E-state index in [1.165, 1.54) is 95.1 Å². The van der Waals surface area contributed by atoms with Gasteiger partial charge in [0.05, 0.1) is 0 Å². The molecule has 0 fully saturated rings. The number of anilines is 3. The van der Waals surface area contributed by atoms with Crippen molar-refractivity contribution in [1.29, 1.82) is 0 Å². The molecule has 1 aliphatic heterocycles. The van der Waals surface area contributed by atoms with Crippen LogP contribution in [0.5, 0.6) is 0 Å². The Balaban J connectivity index is 1.11. The number of hydrogen-bond acceptors (Lipinski definition) is 3. The van der Waals surface area contributed by atoms with Gasteiger partial charge in [-0.15, -0.1) is 22.7 Å². The molecule has 0 unspecified atom stereocenters. The molecule has 3 heterocycles. The van der Waals surface area contributed by atoms with E-state index in [0.717, 1.165) is 5.69 Å². The summed E-state index contributed by atoms with van der Waals surface area (Å²) in [5.74, 6) is 0.